The lowest BCUT2D eigenvalue weighted by atomic mass is 10.2. The van der Waals surface area contributed by atoms with Gasteiger partial charge in [0, 0.05) is 23.0 Å². The van der Waals surface area contributed by atoms with E-state index in [1.807, 2.05) is 0 Å². The zero-order valence-electron chi connectivity index (χ0n) is 14.3. The third kappa shape index (κ3) is 3.46. The molecule has 0 atom stereocenters. The molecule has 6 nitrogen and oxygen atoms in total. The molecule has 3 aromatic rings. The van der Waals surface area contributed by atoms with Crippen LogP contribution in [0.4, 0.5) is 24.7 Å². The van der Waals surface area contributed by atoms with Crippen molar-refractivity contribution in [2.24, 2.45) is 0 Å². The Morgan fingerprint density at radius 3 is 2.35 bits per heavy atom. The Morgan fingerprint density at radius 2 is 1.77 bits per heavy atom. The predicted molar refractivity (Wildman–Crippen MR) is 90.9 cm³/mol. The number of anilines is 2. The second-order valence-electron chi connectivity index (χ2n) is 5.88. The van der Waals surface area contributed by atoms with E-state index in [1.165, 1.54) is 16.8 Å². The highest BCUT2D eigenvalue weighted by molar-refractivity contribution is 5.58. The molecule has 0 saturated carbocycles. The number of hydrogen-bond acceptors (Lipinski definition) is 4. The number of aromatic nitrogens is 4. The fourth-order valence-corrected chi connectivity index (χ4v) is 2.37. The van der Waals surface area contributed by atoms with Gasteiger partial charge in [0.2, 0.25) is 5.95 Å². The summed E-state index contributed by atoms with van der Waals surface area (Å²) >= 11 is 0. The third-order valence-corrected chi connectivity index (χ3v) is 3.90. The maximum absolute atomic E-state index is 12.7. The van der Waals surface area contributed by atoms with Crippen LogP contribution in [0.15, 0.2) is 35.1 Å². The normalized spacial score (nSPS) is 11.6. The first-order valence-electron chi connectivity index (χ1n) is 7.74. The van der Waals surface area contributed by atoms with Crippen LogP contribution in [-0.4, -0.2) is 19.7 Å². The molecule has 1 aromatic carbocycles. The minimum Gasteiger partial charge on any atom is -0.340 e. The van der Waals surface area contributed by atoms with E-state index >= 15 is 0 Å². The molecule has 0 aliphatic rings. The van der Waals surface area contributed by atoms with Gasteiger partial charge in [0.25, 0.3) is 5.56 Å². The first-order chi connectivity index (χ1) is 12.1. The summed E-state index contributed by atoms with van der Waals surface area (Å²) < 4.78 is 39.4. The lowest BCUT2D eigenvalue weighted by Crippen LogP contribution is -2.18. The standard InChI is InChI=1S/C17H16F3N5O/c1-9-8-14(22-13-6-4-12(5-7-13)17(18,19)20)25(24-9)16-21-11(3)10(2)15(26)23-16/h4-8,22H,1-3H3,(H,21,23,26). The average Bonchev–Trinajstić information content (AvgIpc) is 2.92. The summed E-state index contributed by atoms with van der Waals surface area (Å²) in [6.45, 7) is 5.14. The van der Waals surface area contributed by atoms with Gasteiger partial charge >= 0.3 is 6.18 Å². The minimum absolute atomic E-state index is 0.223. The van der Waals surface area contributed by atoms with Crippen LogP contribution in [-0.2, 0) is 6.18 Å². The first-order valence-corrected chi connectivity index (χ1v) is 7.74. The van der Waals surface area contributed by atoms with Gasteiger partial charge in [-0.05, 0) is 45.0 Å². The molecule has 0 aliphatic carbocycles. The first kappa shape index (κ1) is 17.7. The molecule has 0 spiro atoms. The van der Waals surface area contributed by atoms with Crippen LogP contribution in [0.3, 0.4) is 0 Å². The molecule has 0 fully saturated rings. The number of nitrogens with zero attached hydrogens (tertiary/aromatic N) is 3. The molecule has 2 aromatic heterocycles. The van der Waals surface area contributed by atoms with Gasteiger partial charge in [-0.1, -0.05) is 0 Å². The number of aromatic amines is 1. The van der Waals surface area contributed by atoms with E-state index in [0.29, 0.717) is 28.5 Å². The average molecular weight is 363 g/mol. The van der Waals surface area contributed by atoms with Gasteiger partial charge in [0.15, 0.2) is 0 Å². The van der Waals surface area contributed by atoms with Crippen molar-refractivity contribution in [1.82, 2.24) is 19.7 Å². The summed E-state index contributed by atoms with van der Waals surface area (Å²) in [5, 5.41) is 7.28. The van der Waals surface area contributed by atoms with Gasteiger partial charge in [0.1, 0.15) is 5.82 Å². The van der Waals surface area contributed by atoms with Crippen LogP contribution in [0.25, 0.3) is 5.95 Å². The van der Waals surface area contributed by atoms with Gasteiger partial charge in [-0.15, -0.1) is 0 Å². The number of H-pyrrole nitrogens is 1. The molecule has 0 saturated heterocycles. The van der Waals surface area contributed by atoms with E-state index in [9.17, 15) is 18.0 Å². The van der Waals surface area contributed by atoms with Crippen LogP contribution >= 0.6 is 0 Å². The topological polar surface area (TPSA) is 75.6 Å². The fourth-order valence-electron chi connectivity index (χ4n) is 2.37. The predicted octanol–water partition coefficient (Wildman–Crippen LogP) is 3.64. The largest absolute Gasteiger partial charge is 0.416 e. The van der Waals surface area contributed by atoms with Gasteiger partial charge in [0.05, 0.1) is 11.3 Å². The number of halogens is 3. The Morgan fingerprint density at radius 1 is 1.12 bits per heavy atom. The summed E-state index contributed by atoms with van der Waals surface area (Å²) in [6.07, 6.45) is -4.39. The lowest BCUT2D eigenvalue weighted by Gasteiger charge is -2.11. The van der Waals surface area contributed by atoms with Crippen molar-refractivity contribution in [1.29, 1.82) is 0 Å². The van der Waals surface area contributed by atoms with Crippen molar-refractivity contribution >= 4 is 11.5 Å². The van der Waals surface area contributed by atoms with E-state index in [2.05, 4.69) is 20.4 Å². The van der Waals surface area contributed by atoms with E-state index in [1.54, 1.807) is 26.8 Å². The molecular formula is C17H16F3N5O. The maximum Gasteiger partial charge on any atom is 0.416 e. The summed E-state index contributed by atoms with van der Waals surface area (Å²) in [7, 11) is 0. The van der Waals surface area contributed by atoms with E-state index in [0.717, 1.165) is 12.1 Å². The highest BCUT2D eigenvalue weighted by Gasteiger charge is 2.30. The summed E-state index contributed by atoms with van der Waals surface area (Å²) in [5.41, 5.74) is 1.17. The Bertz CT molecular complexity index is 1000. The summed E-state index contributed by atoms with van der Waals surface area (Å²) in [4.78, 5) is 18.9. The van der Waals surface area contributed by atoms with Gasteiger partial charge < -0.3 is 5.32 Å². The van der Waals surface area contributed by atoms with E-state index in [4.69, 9.17) is 0 Å². The molecular weight excluding hydrogens is 347 g/mol. The van der Waals surface area contributed by atoms with Crippen molar-refractivity contribution in [3.8, 4) is 5.95 Å². The molecule has 3 rings (SSSR count). The highest BCUT2D eigenvalue weighted by atomic mass is 19.4. The van der Waals surface area contributed by atoms with Gasteiger partial charge in [-0.25, -0.2) is 4.98 Å². The second-order valence-corrected chi connectivity index (χ2v) is 5.88. The van der Waals surface area contributed by atoms with Crippen molar-refractivity contribution < 1.29 is 13.2 Å². The molecule has 0 amide bonds. The van der Waals surface area contributed by atoms with Crippen molar-refractivity contribution in [2.75, 3.05) is 5.32 Å². The zero-order valence-corrected chi connectivity index (χ0v) is 14.3. The number of benzene rings is 1. The van der Waals surface area contributed by atoms with E-state index < -0.39 is 11.7 Å². The maximum atomic E-state index is 12.7. The Labute approximate surface area is 146 Å². The quantitative estimate of drug-likeness (QED) is 0.745. The summed E-state index contributed by atoms with van der Waals surface area (Å²) in [6, 6.07) is 6.34. The minimum atomic E-state index is -4.39. The zero-order chi connectivity index (χ0) is 19.1. The van der Waals surface area contributed by atoms with Crippen LogP contribution in [0.5, 0.6) is 0 Å². The van der Waals surface area contributed by atoms with Crippen molar-refractivity contribution in [3.63, 3.8) is 0 Å². The van der Waals surface area contributed by atoms with Crippen LogP contribution in [0.2, 0.25) is 0 Å². The summed E-state index contributed by atoms with van der Waals surface area (Å²) in [5.74, 6) is 0.689. The Kier molecular flexibility index (Phi) is 4.31. The number of alkyl halides is 3. The van der Waals surface area contributed by atoms with Crippen LogP contribution in [0, 0.1) is 20.8 Å². The lowest BCUT2D eigenvalue weighted by molar-refractivity contribution is -0.137. The monoisotopic (exact) mass is 363 g/mol. The Hall–Kier alpha value is -3.10. The SMILES string of the molecule is Cc1cc(Nc2ccc(C(F)(F)F)cc2)n(-c2nc(C)c(C)c(=O)[nH]2)n1. The molecule has 2 N–H and O–H groups in total. The second kappa shape index (κ2) is 6.32. The molecule has 0 aliphatic heterocycles. The fraction of sp³-hybridized carbons (Fsp3) is 0.235. The van der Waals surface area contributed by atoms with Gasteiger partial charge in [-0.3, -0.25) is 9.78 Å². The molecule has 26 heavy (non-hydrogen) atoms. The number of hydrogen-bond donors (Lipinski definition) is 2. The molecule has 2 heterocycles. The number of rotatable bonds is 3. The smallest absolute Gasteiger partial charge is 0.340 e. The molecule has 0 radical (unpaired) electrons. The Balaban J connectivity index is 1.97. The van der Waals surface area contributed by atoms with Crippen molar-refractivity contribution in [2.45, 2.75) is 26.9 Å². The van der Waals surface area contributed by atoms with Crippen LogP contribution < -0.4 is 10.9 Å². The third-order valence-electron chi connectivity index (χ3n) is 3.90. The van der Waals surface area contributed by atoms with Crippen LogP contribution in [0.1, 0.15) is 22.5 Å². The van der Waals surface area contributed by atoms with E-state index in [-0.39, 0.29) is 11.5 Å². The molecule has 9 heteroatoms. The number of aryl methyl sites for hydroxylation is 2. The van der Waals surface area contributed by atoms with Gasteiger partial charge in [-0.2, -0.15) is 23.0 Å². The molecule has 0 bridgehead atoms. The highest BCUT2D eigenvalue weighted by Crippen LogP contribution is 2.30. The van der Waals surface area contributed by atoms with Crippen molar-refractivity contribution in [3.05, 3.63) is 63.2 Å². The molecule has 136 valence electrons. The molecule has 0 unspecified atom stereocenters. The number of nitrogens with one attached hydrogen (secondary N) is 2.